The number of fused-ring (bicyclic) bond motifs is 1. The maximum atomic E-state index is 13.9. The number of para-hydroxylation sites is 1. The van der Waals surface area contributed by atoms with Gasteiger partial charge in [0.2, 0.25) is 5.16 Å². The second kappa shape index (κ2) is 6.72. The highest BCUT2D eigenvalue weighted by Crippen LogP contribution is 2.32. The van der Waals surface area contributed by atoms with E-state index in [1.165, 1.54) is 17.8 Å². The molecule has 0 saturated carbocycles. The molecule has 8 heteroatoms. The standard InChI is InChI=1S/C18H14FN5OS/c1-10(15-20-14-9-5-3-7-12(14)17(25)21-15)26-18-22-16(23-24-18)11-6-2-4-8-13(11)19/h2-10H,1H3,(H,20,21,25)(H,22,23,24)/t10-/m1/s1. The van der Waals surface area contributed by atoms with Gasteiger partial charge in [-0.2, -0.15) is 0 Å². The van der Waals surface area contributed by atoms with Crippen molar-refractivity contribution in [3.63, 3.8) is 0 Å². The minimum Gasteiger partial charge on any atom is -0.309 e. The third-order valence-corrected chi connectivity index (χ3v) is 4.86. The van der Waals surface area contributed by atoms with E-state index in [4.69, 9.17) is 0 Å². The molecule has 0 saturated heterocycles. The van der Waals surface area contributed by atoms with E-state index in [0.717, 1.165) is 0 Å². The zero-order valence-electron chi connectivity index (χ0n) is 13.7. The molecule has 2 heterocycles. The molecule has 0 aliphatic rings. The van der Waals surface area contributed by atoms with Crippen molar-refractivity contribution in [2.45, 2.75) is 17.3 Å². The quantitative estimate of drug-likeness (QED) is 0.537. The van der Waals surface area contributed by atoms with Crippen molar-refractivity contribution in [3.05, 3.63) is 70.5 Å². The molecule has 2 aromatic heterocycles. The first-order chi connectivity index (χ1) is 12.6. The van der Waals surface area contributed by atoms with Gasteiger partial charge in [-0.3, -0.25) is 9.89 Å². The lowest BCUT2D eigenvalue weighted by Crippen LogP contribution is -2.12. The molecule has 1 atom stereocenters. The molecule has 0 radical (unpaired) electrons. The van der Waals surface area contributed by atoms with Gasteiger partial charge in [0.1, 0.15) is 11.6 Å². The first kappa shape index (κ1) is 16.5. The number of nitrogens with zero attached hydrogens (tertiary/aromatic N) is 3. The maximum absolute atomic E-state index is 13.9. The Morgan fingerprint density at radius 3 is 2.69 bits per heavy atom. The van der Waals surface area contributed by atoms with Crippen LogP contribution in [-0.4, -0.2) is 25.1 Å². The van der Waals surface area contributed by atoms with E-state index in [1.807, 2.05) is 13.0 Å². The van der Waals surface area contributed by atoms with Crippen LogP contribution in [-0.2, 0) is 0 Å². The molecule has 4 aromatic rings. The highest BCUT2D eigenvalue weighted by atomic mass is 32.2. The van der Waals surface area contributed by atoms with Crippen LogP contribution in [0.4, 0.5) is 4.39 Å². The van der Waals surface area contributed by atoms with Crippen LogP contribution in [0.15, 0.2) is 58.5 Å². The minimum absolute atomic E-state index is 0.180. The van der Waals surface area contributed by atoms with Gasteiger partial charge in [0.25, 0.3) is 5.56 Å². The van der Waals surface area contributed by atoms with Crippen LogP contribution in [0.25, 0.3) is 22.3 Å². The van der Waals surface area contributed by atoms with Crippen LogP contribution in [0.2, 0.25) is 0 Å². The molecule has 2 N–H and O–H groups in total. The second-order valence-corrected chi connectivity index (χ2v) is 6.98. The van der Waals surface area contributed by atoms with Gasteiger partial charge in [-0.1, -0.05) is 36.0 Å². The summed E-state index contributed by atoms with van der Waals surface area (Å²) < 4.78 is 13.9. The number of halogens is 1. The predicted octanol–water partition coefficient (Wildman–Crippen LogP) is 3.70. The molecular formula is C18H14FN5OS. The Labute approximate surface area is 151 Å². The number of H-pyrrole nitrogens is 2. The highest BCUT2D eigenvalue weighted by molar-refractivity contribution is 7.99. The van der Waals surface area contributed by atoms with Gasteiger partial charge < -0.3 is 4.98 Å². The first-order valence-corrected chi connectivity index (χ1v) is 8.82. The molecule has 0 aliphatic carbocycles. The molecule has 0 fully saturated rings. The lowest BCUT2D eigenvalue weighted by atomic mass is 10.2. The van der Waals surface area contributed by atoms with Crippen molar-refractivity contribution >= 4 is 22.7 Å². The first-order valence-electron chi connectivity index (χ1n) is 7.95. The number of aromatic nitrogens is 5. The number of nitrogens with one attached hydrogen (secondary N) is 2. The third kappa shape index (κ3) is 3.11. The van der Waals surface area contributed by atoms with E-state index in [2.05, 4.69) is 25.1 Å². The predicted molar refractivity (Wildman–Crippen MR) is 98.4 cm³/mol. The molecule has 0 bridgehead atoms. The van der Waals surface area contributed by atoms with E-state index >= 15 is 0 Å². The molecule has 0 aliphatic heterocycles. The molecule has 4 rings (SSSR count). The van der Waals surface area contributed by atoms with Gasteiger partial charge >= 0.3 is 0 Å². The third-order valence-electron chi connectivity index (χ3n) is 3.89. The number of benzene rings is 2. The summed E-state index contributed by atoms with van der Waals surface area (Å²) in [7, 11) is 0. The number of rotatable bonds is 4. The summed E-state index contributed by atoms with van der Waals surface area (Å²) in [5.41, 5.74) is 0.817. The normalized spacial score (nSPS) is 12.4. The topological polar surface area (TPSA) is 87.3 Å². The molecule has 2 aromatic carbocycles. The molecular weight excluding hydrogens is 353 g/mol. The number of hydrogen-bond acceptors (Lipinski definition) is 5. The van der Waals surface area contributed by atoms with Gasteiger partial charge in [-0.15, -0.1) is 5.10 Å². The van der Waals surface area contributed by atoms with Gasteiger partial charge in [0.05, 0.1) is 21.7 Å². The monoisotopic (exact) mass is 367 g/mol. The van der Waals surface area contributed by atoms with Crippen molar-refractivity contribution in [1.29, 1.82) is 0 Å². The average Bonchev–Trinajstić information content (AvgIpc) is 3.10. The Hall–Kier alpha value is -3.00. The van der Waals surface area contributed by atoms with Crippen molar-refractivity contribution < 1.29 is 4.39 Å². The van der Waals surface area contributed by atoms with Crippen LogP contribution in [0.1, 0.15) is 18.0 Å². The Balaban J connectivity index is 1.60. The molecule has 26 heavy (non-hydrogen) atoms. The van der Waals surface area contributed by atoms with E-state index in [1.54, 1.807) is 36.4 Å². The van der Waals surface area contributed by atoms with Crippen molar-refractivity contribution in [3.8, 4) is 11.4 Å². The lowest BCUT2D eigenvalue weighted by molar-refractivity contribution is 0.630. The van der Waals surface area contributed by atoms with Crippen LogP contribution >= 0.6 is 11.8 Å². The lowest BCUT2D eigenvalue weighted by Gasteiger charge is -2.08. The zero-order valence-corrected chi connectivity index (χ0v) is 14.5. The van der Waals surface area contributed by atoms with E-state index in [-0.39, 0.29) is 16.6 Å². The smallest absolute Gasteiger partial charge is 0.258 e. The summed E-state index contributed by atoms with van der Waals surface area (Å²) in [5, 5.41) is 7.69. The minimum atomic E-state index is -0.367. The van der Waals surface area contributed by atoms with Crippen molar-refractivity contribution in [1.82, 2.24) is 25.1 Å². The zero-order chi connectivity index (χ0) is 18.1. The van der Waals surface area contributed by atoms with Crippen molar-refractivity contribution in [2.75, 3.05) is 0 Å². The van der Waals surface area contributed by atoms with Crippen LogP contribution in [0, 0.1) is 5.82 Å². The SMILES string of the molecule is C[C@@H](Sc1n[nH]c(-c2ccccc2F)n1)c1nc2ccccc2c(=O)[nH]1. The molecule has 0 unspecified atom stereocenters. The summed E-state index contributed by atoms with van der Waals surface area (Å²) in [5.74, 6) is 0.530. The molecule has 6 nitrogen and oxygen atoms in total. The largest absolute Gasteiger partial charge is 0.309 e. The Bertz CT molecular complexity index is 1140. The fraction of sp³-hybridized carbons (Fsp3) is 0.111. The maximum Gasteiger partial charge on any atom is 0.258 e. The highest BCUT2D eigenvalue weighted by Gasteiger charge is 2.16. The van der Waals surface area contributed by atoms with Crippen LogP contribution in [0.3, 0.4) is 0 Å². The summed E-state index contributed by atoms with van der Waals surface area (Å²) in [6.45, 7) is 1.90. The number of thioether (sulfide) groups is 1. The van der Waals surface area contributed by atoms with Gasteiger partial charge in [-0.05, 0) is 31.2 Å². The fourth-order valence-corrected chi connectivity index (χ4v) is 3.37. The van der Waals surface area contributed by atoms with Crippen LogP contribution in [0.5, 0.6) is 0 Å². The Morgan fingerprint density at radius 2 is 1.85 bits per heavy atom. The number of aromatic amines is 2. The Morgan fingerprint density at radius 1 is 1.08 bits per heavy atom. The van der Waals surface area contributed by atoms with E-state index in [9.17, 15) is 9.18 Å². The second-order valence-electron chi connectivity index (χ2n) is 5.67. The number of hydrogen-bond donors (Lipinski definition) is 2. The van der Waals surface area contributed by atoms with E-state index < -0.39 is 0 Å². The van der Waals surface area contributed by atoms with Gasteiger partial charge in [0.15, 0.2) is 5.82 Å². The molecule has 0 amide bonds. The summed E-state index contributed by atoms with van der Waals surface area (Å²) in [6.07, 6.45) is 0. The summed E-state index contributed by atoms with van der Waals surface area (Å²) >= 11 is 1.33. The summed E-state index contributed by atoms with van der Waals surface area (Å²) in [6, 6.07) is 13.5. The van der Waals surface area contributed by atoms with Gasteiger partial charge in [-0.25, -0.2) is 14.4 Å². The van der Waals surface area contributed by atoms with E-state index in [0.29, 0.717) is 33.3 Å². The molecule has 0 spiro atoms. The van der Waals surface area contributed by atoms with Gasteiger partial charge in [0, 0.05) is 0 Å². The Kier molecular flexibility index (Phi) is 4.26. The fourth-order valence-electron chi connectivity index (χ4n) is 2.58. The molecule has 130 valence electrons. The van der Waals surface area contributed by atoms with Crippen molar-refractivity contribution in [2.24, 2.45) is 0 Å². The summed E-state index contributed by atoms with van der Waals surface area (Å²) in [4.78, 5) is 23.8. The average molecular weight is 367 g/mol. The van der Waals surface area contributed by atoms with Crippen LogP contribution < -0.4 is 5.56 Å².